The molecule has 15 heteroatoms. The lowest BCUT2D eigenvalue weighted by Crippen LogP contribution is -2.66. The van der Waals surface area contributed by atoms with Crippen molar-refractivity contribution < 1.29 is 53.1 Å². The molecule has 2 rings (SSSR count). The highest BCUT2D eigenvalue weighted by Gasteiger charge is 2.48. The quantitative estimate of drug-likeness (QED) is 0.0267. The third-order valence-electron chi connectivity index (χ3n) is 14.3. The molecule has 4 amide bonds. The van der Waals surface area contributed by atoms with E-state index in [1.807, 2.05) is 30.3 Å². The van der Waals surface area contributed by atoms with E-state index in [1.54, 1.807) is 0 Å². The maximum absolute atomic E-state index is 13.6. The maximum Gasteiger partial charge on any atom is 0.328 e. The molecular formula is C60H106N4O11. The SMILES string of the molecule is CCCCCCCCCCCCCCCCCCNC(=O)CC[C@@H](NC(=O)[C@H](C)NC(=O)C(C)O[C@H]1[C@H](O)[C@@H](CO)O[C@@H](OCCCCCCCCCCCCCCCC)[C@@H]1NC(C)=O)C(=O)OCc1ccccc1. The van der Waals surface area contributed by atoms with Gasteiger partial charge in [0.25, 0.3) is 0 Å². The number of rotatable bonds is 47. The highest BCUT2D eigenvalue weighted by Crippen LogP contribution is 2.26. The Kier molecular flexibility index (Phi) is 39.9. The lowest BCUT2D eigenvalue weighted by atomic mass is 9.96. The van der Waals surface area contributed by atoms with Crippen LogP contribution < -0.4 is 21.3 Å². The van der Waals surface area contributed by atoms with Gasteiger partial charge in [0.1, 0.15) is 49.1 Å². The normalized spacial score (nSPS) is 18.7. The van der Waals surface area contributed by atoms with Gasteiger partial charge in [0.05, 0.1) is 6.61 Å². The van der Waals surface area contributed by atoms with Gasteiger partial charge in [-0.05, 0) is 38.7 Å². The molecule has 6 N–H and O–H groups in total. The third-order valence-corrected chi connectivity index (χ3v) is 14.3. The van der Waals surface area contributed by atoms with Crippen molar-refractivity contribution >= 4 is 29.6 Å². The summed E-state index contributed by atoms with van der Waals surface area (Å²) in [7, 11) is 0. The summed E-state index contributed by atoms with van der Waals surface area (Å²) in [5, 5.41) is 32.4. The first-order valence-corrected chi connectivity index (χ1v) is 30.0. The van der Waals surface area contributed by atoms with Crippen LogP contribution in [0.2, 0.25) is 0 Å². The highest BCUT2D eigenvalue weighted by atomic mass is 16.7. The summed E-state index contributed by atoms with van der Waals surface area (Å²) >= 11 is 0. The predicted octanol–water partition coefficient (Wildman–Crippen LogP) is 10.7. The van der Waals surface area contributed by atoms with E-state index in [1.165, 1.54) is 168 Å². The number of benzene rings is 1. The predicted molar refractivity (Wildman–Crippen MR) is 298 cm³/mol. The molecule has 1 aliphatic heterocycles. The number of amides is 4. The number of carbonyl (C=O) groups excluding carboxylic acids is 5. The van der Waals surface area contributed by atoms with Crippen LogP contribution in [0.15, 0.2) is 30.3 Å². The van der Waals surface area contributed by atoms with Gasteiger partial charge in [-0.25, -0.2) is 4.79 Å². The van der Waals surface area contributed by atoms with Gasteiger partial charge in [-0.15, -0.1) is 0 Å². The van der Waals surface area contributed by atoms with E-state index < -0.39 is 79.1 Å². The lowest BCUT2D eigenvalue weighted by molar-refractivity contribution is -0.280. The first kappa shape index (κ1) is 67.5. The van der Waals surface area contributed by atoms with Crippen LogP contribution >= 0.6 is 0 Å². The van der Waals surface area contributed by atoms with E-state index in [0.29, 0.717) is 13.2 Å². The Morgan fingerprint density at radius 3 is 1.60 bits per heavy atom. The van der Waals surface area contributed by atoms with Crippen LogP contribution in [-0.2, 0) is 49.5 Å². The largest absolute Gasteiger partial charge is 0.459 e. The fourth-order valence-electron chi connectivity index (χ4n) is 9.59. The van der Waals surface area contributed by atoms with E-state index >= 15 is 0 Å². The van der Waals surface area contributed by atoms with Crippen LogP contribution in [0.5, 0.6) is 0 Å². The molecule has 0 aliphatic carbocycles. The number of nitrogens with one attached hydrogen (secondary N) is 4. The molecular weight excluding hydrogens is 953 g/mol. The highest BCUT2D eigenvalue weighted by molar-refractivity contribution is 5.91. The molecule has 0 aromatic heterocycles. The minimum Gasteiger partial charge on any atom is -0.459 e. The van der Waals surface area contributed by atoms with Crippen molar-refractivity contribution in [2.45, 2.75) is 296 Å². The summed E-state index contributed by atoms with van der Waals surface area (Å²) in [5.74, 6) is -2.80. The summed E-state index contributed by atoms with van der Waals surface area (Å²) in [4.78, 5) is 65.9. The number of esters is 1. The fraction of sp³-hybridized carbons (Fsp3) is 0.817. The van der Waals surface area contributed by atoms with Crippen molar-refractivity contribution in [1.82, 2.24) is 21.3 Å². The monoisotopic (exact) mass is 1060 g/mol. The second-order valence-corrected chi connectivity index (χ2v) is 21.2. The van der Waals surface area contributed by atoms with Gasteiger partial charge in [-0.1, -0.05) is 224 Å². The molecule has 1 aromatic carbocycles. The minimum atomic E-state index is -1.45. The van der Waals surface area contributed by atoms with Gasteiger partial charge < -0.3 is 50.4 Å². The molecule has 1 saturated heterocycles. The van der Waals surface area contributed by atoms with Crippen molar-refractivity contribution in [1.29, 1.82) is 0 Å². The number of unbranched alkanes of at least 4 members (excludes halogenated alkanes) is 28. The van der Waals surface area contributed by atoms with Crippen LogP contribution in [0, 0.1) is 0 Å². The molecule has 0 radical (unpaired) electrons. The fourth-order valence-corrected chi connectivity index (χ4v) is 9.59. The number of carbonyl (C=O) groups is 5. The van der Waals surface area contributed by atoms with Gasteiger partial charge >= 0.3 is 5.97 Å². The topological polar surface area (TPSA) is 211 Å². The molecule has 0 bridgehead atoms. The summed E-state index contributed by atoms with van der Waals surface area (Å²) in [6, 6.07) is 5.75. The van der Waals surface area contributed by atoms with Crippen LogP contribution in [0.4, 0.5) is 0 Å². The molecule has 1 fully saturated rings. The smallest absolute Gasteiger partial charge is 0.328 e. The van der Waals surface area contributed by atoms with Crippen molar-refractivity contribution in [2.75, 3.05) is 19.8 Å². The second kappa shape index (κ2) is 44.4. The van der Waals surface area contributed by atoms with Gasteiger partial charge in [0.2, 0.25) is 23.6 Å². The molecule has 1 unspecified atom stereocenters. The number of hydrogen-bond acceptors (Lipinski definition) is 11. The van der Waals surface area contributed by atoms with Gasteiger partial charge in [0, 0.05) is 26.5 Å². The molecule has 1 heterocycles. The van der Waals surface area contributed by atoms with Crippen molar-refractivity contribution in [3.63, 3.8) is 0 Å². The summed E-state index contributed by atoms with van der Waals surface area (Å²) in [6.07, 6.45) is 31.1. The number of aliphatic hydroxyl groups excluding tert-OH is 2. The summed E-state index contributed by atoms with van der Waals surface area (Å²) < 4.78 is 23.7. The average molecular weight is 1060 g/mol. The van der Waals surface area contributed by atoms with E-state index in [-0.39, 0.29) is 25.4 Å². The van der Waals surface area contributed by atoms with Crippen LogP contribution in [-0.4, -0.2) is 108 Å². The molecule has 8 atom stereocenters. The second-order valence-electron chi connectivity index (χ2n) is 21.2. The first-order valence-electron chi connectivity index (χ1n) is 30.0. The first-order chi connectivity index (χ1) is 36.4. The third kappa shape index (κ3) is 32.7. The Hall–Kier alpha value is -3.63. The number of hydrogen-bond donors (Lipinski definition) is 6. The van der Waals surface area contributed by atoms with Gasteiger partial charge in [-0.2, -0.15) is 0 Å². The van der Waals surface area contributed by atoms with Crippen molar-refractivity contribution in [2.24, 2.45) is 0 Å². The Morgan fingerprint density at radius 1 is 0.640 bits per heavy atom. The molecule has 15 nitrogen and oxygen atoms in total. The Morgan fingerprint density at radius 2 is 1.12 bits per heavy atom. The van der Waals surface area contributed by atoms with E-state index in [4.69, 9.17) is 18.9 Å². The zero-order chi connectivity index (χ0) is 54.7. The standard InChI is InChI=1S/C60H106N4O11/c1-6-8-10-12-14-16-18-20-22-23-24-26-28-30-32-37-43-61-53(67)42-41-51(59(71)73-46-50-39-35-34-36-40-50)64-57(69)47(3)62-58(70)48(4)74-56-54(63-49(5)66)60(75-52(45-65)55(56)68)72-44-38-33-31-29-27-25-21-19-17-15-13-11-9-7-2/h34-36,39-40,47-48,51-52,54-56,60,65,68H,6-33,37-38,41-46H2,1-5H3,(H,61,67)(H,62,70)(H,63,66)(H,64,69)/t47-,48?,51+,52+,54+,55+,56+,60+/m0/s1. The van der Waals surface area contributed by atoms with E-state index in [9.17, 15) is 34.2 Å². The van der Waals surface area contributed by atoms with E-state index in [0.717, 1.165) is 50.5 Å². The Balaban J connectivity index is 1.84. The maximum atomic E-state index is 13.6. The summed E-state index contributed by atoms with van der Waals surface area (Å²) in [5.41, 5.74) is 0.755. The van der Waals surface area contributed by atoms with Crippen molar-refractivity contribution in [3.8, 4) is 0 Å². The Labute approximate surface area is 453 Å². The van der Waals surface area contributed by atoms with Crippen LogP contribution in [0.25, 0.3) is 0 Å². The summed E-state index contributed by atoms with van der Waals surface area (Å²) in [6.45, 7) is 8.94. The minimum absolute atomic E-state index is 0.0226. The zero-order valence-electron chi connectivity index (χ0n) is 47.5. The number of ether oxygens (including phenoxy) is 4. The Bertz CT molecular complexity index is 1620. The molecule has 75 heavy (non-hydrogen) atoms. The number of aliphatic hydroxyl groups is 2. The zero-order valence-corrected chi connectivity index (χ0v) is 47.5. The molecule has 432 valence electrons. The van der Waals surface area contributed by atoms with Gasteiger partial charge in [-0.3, -0.25) is 19.2 Å². The molecule has 1 aliphatic rings. The van der Waals surface area contributed by atoms with Crippen LogP contribution in [0.1, 0.15) is 246 Å². The molecule has 0 saturated carbocycles. The van der Waals surface area contributed by atoms with Crippen molar-refractivity contribution in [3.05, 3.63) is 35.9 Å². The lowest BCUT2D eigenvalue weighted by Gasteiger charge is -2.44. The van der Waals surface area contributed by atoms with Gasteiger partial charge in [0.15, 0.2) is 6.29 Å². The average Bonchev–Trinajstić information content (AvgIpc) is 3.40. The van der Waals surface area contributed by atoms with Crippen LogP contribution in [0.3, 0.4) is 0 Å². The van der Waals surface area contributed by atoms with E-state index in [2.05, 4.69) is 35.1 Å². The molecule has 0 spiro atoms. The molecule has 1 aromatic rings.